The van der Waals surface area contributed by atoms with Crippen LogP contribution in [0.2, 0.25) is 0 Å². The fourth-order valence-corrected chi connectivity index (χ4v) is 1.34. The van der Waals surface area contributed by atoms with Gasteiger partial charge in [0.05, 0.1) is 23.2 Å². The fourth-order valence-electron chi connectivity index (χ4n) is 1.34. The number of aliphatic hydroxyl groups excluding tert-OH is 2. The molecule has 0 fully saturated rings. The summed E-state index contributed by atoms with van der Waals surface area (Å²) in [6, 6.07) is 3.62. The molecule has 0 spiro atoms. The van der Waals surface area contributed by atoms with Crippen LogP contribution >= 0.6 is 0 Å². The van der Waals surface area contributed by atoms with Gasteiger partial charge in [-0.3, -0.25) is 10.1 Å². The van der Waals surface area contributed by atoms with E-state index in [4.69, 9.17) is 15.3 Å². The maximum atomic E-state index is 10.9. The van der Waals surface area contributed by atoms with Crippen molar-refractivity contribution in [3.8, 4) is 0 Å². The molecule has 0 aromatic heterocycles. The number of nitrogens with one attached hydrogen (secondary N) is 1. The first-order valence-corrected chi connectivity index (χ1v) is 5.00. The summed E-state index contributed by atoms with van der Waals surface area (Å²) in [6.45, 7) is -0.725. The molecule has 0 saturated heterocycles. The number of carbonyl (C=O) groups is 1. The second-order valence-electron chi connectivity index (χ2n) is 3.48. The summed E-state index contributed by atoms with van der Waals surface area (Å²) < 4.78 is 0. The molecule has 0 bridgehead atoms. The minimum atomic E-state index is -1.32. The van der Waals surface area contributed by atoms with Crippen LogP contribution in [0.5, 0.6) is 0 Å². The van der Waals surface area contributed by atoms with Crippen molar-refractivity contribution in [3.63, 3.8) is 0 Å². The molecule has 8 heteroatoms. The molecular weight excluding hydrogens is 244 g/mol. The Bertz CT molecular complexity index is 429. The topological polar surface area (TPSA) is 133 Å². The van der Waals surface area contributed by atoms with E-state index in [0.717, 1.165) is 6.07 Å². The van der Waals surface area contributed by atoms with Gasteiger partial charge in [0.1, 0.15) is 5.69 Å². The Morgan fingerprint density at radius 3 is 2.67 bits per heavy atom. The SMILES string of the molecule is O=C(O)c1cccc([N+](=O)[O-])c1NCC(O)CO. The predicted octanol–water partition coefficient (Wildman–Crippen LogP) is 0.0581. The van der Waals surface area contributed by atoms with Crippen LogP contribution in [0, 0.1) is 10.1 Å². The number of nitro benzene ring substituents is 1. The van der Waals surface area contributed by atoms with Gasteiger partial charge in [0.25, 0.3) is 5.69 Å². The number of rotatable bonds is 6. The normalized spacial score (nSPS) is 11.9. The summed E-state index contributed by atoms with van der Waals surface area (Å²) in [5, 5.41) is 39.9. The van der Waals surface area contributed by atoms with Crippen molar-refractivity contribution < 1.29 is 25.0 Å². The van der Waals surface area contributed by atoms with Crippen molar-refractivity contribution in [2.24, 2.45) is 0 Å². The Labute approximate surface area is 102 Å². The largest absolute Gasteiger partial charge is 0.478 e. The molecule has 0 heterocycles. The van der Waals surface area contributed by atoms with E-state index in [1.54, 1.807) is 0 Å². The quantitative estimate of drug-likeness (QED) is 0.417. The summed E-state index contributed by atoms with van der Waals surface area (Å²) >= 11 is 0. The Morgan fingerprint density at radius 2 is 2.17 bits per heavy atom. The van der Waals surface area contributed by atoms with E-state index < -0.39 is 29.3 Å². The monoisotopic (exact) mass is 256 g/mol. The minimum absolute atomic E-state index is 0.192. The van der Waals surface area contributed by atoms with Crippen molar-refractivity contribution in [2.75, 3.05) is 18.5 Å². The van der Waals surface area contributed by atoms with Gasteiger partial charge < -0.3 is 20.6 Å². The molecular formula is C10H12N2O6. The third-order valence-electron chi connectivity index (χ3n) is 2.19. The molecule has 0 aliphatic carbocycles. The molecule has 0 aliphatic heterocycles. The van der Waals surface area contributed by atoms with Crippen molar-refractivity contribution in [2.45, 2.75) is 6.10 Å². The smallest absolute Gasteiger partial charge is 0.338 e. The number of hydrogen-bond acceptors (Lipinski definition) is 6. The maximum absolute atomic E-state index is 10.9. The number of benzene rings is 1. The van der Waals surface area contributed by atoms with Crippen LogP contribution in [0.15, 0.2) is 18.2 Å². The highest BCUT2D eigenvalue weighted by Gasteiger charge is 2.21. The summed E-state index contributed by atoms with van der Waals surface area (Å²) in [5.74, 6) is -1.32. The summed E-state index contributed by atoms with van der Waals surface area (Å²) in [4.78, 5) is 21.0. The van der Waals surface area contributed by atoms with Crippen LogP contribution < -0.4 is 5.32 Å². The van der Waals surface area contributed by atoms with E-state index in [0.29, 0.717) is 0 Å². The third kappa shape index (κ3) is 3.15. The van der Waals surface area contributed by atoms with Gasteiger partial charge >= 0.3 is 5.97 Å². The van der Waals surface area contributed by atoms with E-state index in [1.165, 1.54) is 12.1 Å². The highest BCUT2D eigenvalue weighted by atomic mass is 16.6. The highest BCUT2D eigenvalue weighted by Crippen LogP contribution is 2.28. The molecule has 98 valence electrons. The van der Waals surface area contributed by atoms with Crippen molar-refractivity contribution in [3.05, 3.63) is 33.9 Å². The Morgan fingerprint density at radius 1 is 1.50 bits per heavy atom. The van der Waals surface area contributed by atoms with E-state index in [2.05, 4.69) is 5.32 Å². The van der Waals surface area contributed by atoms with Crippen LogP contribution in [-0.4, -0.2) is 45.5 Å². The molecule has 1 aromatic rings. The van der Waals surface area contributed by atoms with Crippen molar-refractivity contribution in [1.29, 1.82) is 0 Å². The average Bonchev–Trinajstić information content (AvgIpc) is 2.34. The molecule has 0 amide bonds. The lowest BCUT2D eigenvalue weighted by atomic mass is 10.1. The average molecular weight is 256 g/mol. The van der Waals surface area contributed by atoms with Gasteiger partial charge in [0.2, 0.25) is 0 Å². The van der Waals surface area contributed by atoms with Crippen LogP contribution in [0.25, 0.3) is 0 Å². The lowest BCUT2D eigenvalue weighted by molar-refractivity contribution is -0.384. The summed E-state index contributed by atoms with van der Waals surface area (Å²) in [5.41, 5.74) is -0.864. The number of aromatic carboxylic acids is 1. The lowest BCUT2D eigenvalue weighted by Crippen LogP contribution is -2.24. The predicted molar refractivity (Wildman–Crippen MR) is 61.6 cm³/mol. The van der Waals surface area contributed by atoms with Gasteiger partial charge in [0, 0.05) is 12.6 Å². The van der Waals surface area contributed by atoms with Gasteiger partial charge in [-0.1, -0.05) is 6.07 Å². The second-order valence-corrected chi connectivity index (χ2v) is 3.48. The first-order valence-electron chi connectivity index (χ1n) is 5.00. The first-order chi connectivity index (χ1) is 8.47. The van der Waals surface area contributed by atoms with Crippen LogP contribution in [0.1, 0.15) is 10.4 Å². The minimum Gasteiger partial charge on any atom is -0.478 e. The Kier molecular flexibility index (Phi) is 4.58. The van der Waals surface area contributed by atoms with Crippen LogP contribution in [-0.2, 0) is 0 Å². The number of carboxylic acids is 1. The van der Waals surface area contributed by atoms with E-state index >= 15 is 0 Å². The van der Waals surface area contributed by atoms with Crippen molar-refractivity contribution >= 4 is 17.3 Å². The number of nitro groups is 1. The molecule has 0 radical (unpaired) electrons. The van der Waals surface area contributed by atoms with Crippen LogP contribution in [0.4, 0.5) is 11.4 Å². The molecule has 1 unspecified atom stereocenters. The van der Waals surface area contributed by atoms with E-state index in [9.17, 15) is 14.9 Å². The molecule has 18 heavy (non-hydrogen) atoms. The molecule has 4 N–H and O–H groups in total. The maximum Gasteiger partial charge on any atom is 0.338 e. The zero-order valence-corrected chi connectivity index (χ0v) is 9.24. The number of nitrogens with zero attached hydrogens (tertiary/aromatic N) is 1. The van der Waals surface area contributed by atoms with E-state index in [-0.39, 0.29) is 17.8 Å². The number of para-hydroxylation sites is 1. The molecule has 0 saturated carbocycles. The number of carboxylic acid groups (broad SMARTS) is 1. The Balaban J connectivity index is 3.11. The summed E-state index contributed by atoms with van der Waals surface area (Å²) in [7, 11) is 0. The zero-order chi connectivity index (χ0) is 13.7. The highest BCUT2D eigenvalue weighted by molar-refractivity contribution is 5.96. The zero-order valence-electron chi connectivity index (χ0n) is 9.24. The van der Waals surface area contributed by atoms with E-state index in [1.807, 2.05) is 0 Å². The second kappa shape index (κ2) is 5.94. The van der Waals surface area contributed by atoms with Gasteiger partial charge in [-0.25, -0.2) is 4.79 Å². The summed E-state index contributed by atoms with van der Waals surface area (Å²) in [6.07, 6.45) is -1.13. The standard InChI is InChI=1S/C10H12N2O6/c13-5-6(14)4-11-9-7(10(15)16)2-1-3-8(9)12(17)18/h1-3,6,11,13-14H,4-5H2,(H,15,16). The van der Waals surface area contributed by atoms with Gasteiger partial charge in [-0.2, -0.15) is 0 Å². The molecule has 1 atom stereocenters. The molecule has 0 aliphatic rings. The molecule has 1 aromatic carbocycles. The first kappa shape index (κ1) is 13.9. The molecule has 8 nitrogen and oxygen atoms in total. The number of anilines is 1. The fraction of sp³-hybridized carbons (Fsp3) is 0.300. The van der Waals surface area contributed by atoms with Gasteiger partial charge in [0.15, 0.2) is 0 Å². The molecule has 1 rings (SSSR count). The Hall–Kier alpha value is -2.19. The van der Waals surface area contributed by atoms with Gasteiger partial charge in [-0.15, -0.1) is 0 Å². The lowest BCUT2D eigenvalue weighted by Gasteiger charge is -2.12. The van der Waals surface area contributed by atoms with Crippen molar-refractivity contribution in [1.82, 2.24) is 0 Å². The van der Waals surface area contributed by atoms with Crippen LogP contribution in [0.3, 0.4) is 0 Å². The third-order valence-corrected chi connectivity index (χ3v) is 2.19. The number of hydrogen-bond donors (Lipinski definition) is 4. The van der Waals surface area contributed by atoms with Gasteiger partial charge in [-0.05, 0) is 6.07 Å². The number of aliphatic hydroxyl groups is 2.